The van der Waals surface area contributed by atoms with Crippen LogP contribution in [-0.4, -0.2) is 13.2 Å². The number of allylic oxidation sites excluding steroid dienone is 1. The zero-order valence-electron chi connectivity index (χ0n) is 14.2. The molecule has 0 saturated carbocycles. The Labute approximate surface area is 143 Å². The number of hydrogen-bond donors (Lipinski definition) is 0. The molecule has 0 unspecified atom stereocenters. The van der Waals surface area contributed by atoms with Gasteiger partial charge in [-0.25, -0.2) is 0 Å². The van der Waals surface area contributed by atoms with Crippen LogP contribution in [-0.2, 0) is 20.0 Å². The van der Waals surface area contributed by atoms with Gasteiger partial charge in [0.15, 0.2) is 0 Å². The number of benzene rings is 2. The number of fused-ring (bicyclic) bond motifs is 1. The summed E-state index contributed by atoms with van der Waals surface area (Å²) in [7, 11) is -3.16. The smallest absolute Gasteiger partial charge is 0.306 e. The second-order valence-electron chi connectivity index (χ2n) is 5.75. The molecule has 0 bridgehead atoms. The Kier molecular flexibility index (Phi) is 5.35. The van der Waals surface area contributed by atoms with Crippen molar-refractivity contribution in [3.8, 4) is 11.1 Å². The van der Waals surface area contributed by atoms with Crippen LogP contribution in [0.1, 0.15) is 31.4 Å². The largest absolute Gasteiger partial charge is 0.357 e. The molecule has 0 fully saturated rings. The molecular formula is C20H23O3P. The van der Waals surface area contributed by atoms with E-state index >= 15 is 0 Å². The maximum atomic E-state index is 13.0. The van der Waals surface area contributed by atoms with Gasteiger partial charge < -0.3 is 9.05 Å². The third kappa shape index (κ3) is 3.54. The van der Waals surface area contributed by atoms with E-state index in [1.807, 2.05) is 38.1 Å². The average molecular weight is 342 g/mol. The monoisotopic (exact) mass is 342 g/mol. The normalized spacial score (nSPS) is 14.2. The van der Waals surface area contributed by atoms with Crippen molar-refractivity contribution in [3.63, 3.8) is 0 Å². The number of aryl methyl sites for hydroxylation is 1. The highest BCUT2D eigenvalue weighted by atomic mass is 31.2. The molecule has 0 N–H and O–H groups in total. The van der Waals surface area contributed by atoms with Crippen LogP contribution in [0, 0.1) is 0 Å². The first-order valence-electron chi connectivity index (χ1n) is 8.45. The summed E-state index contributed by atoms with van der Waals surface area (Å²) in [5.74, 6) is 0. The van der Waals surface area contributed by atoms with Gasteiger partial charge in [0.1, 0.15) is 0 Å². The average Bonchev–Trinajstić information content (AvgIpc) is 2.62. The Bertz CT molecular complexity index is 771. The lowest BCUT2D eigenvalue weighted by Crippen LogP contribution is -2.05. The summed E-state index contributed by atoms with van der Waals surface area (Å²) in [5, 5.41) is 0.783. The van der Waals surface area contributed by atoms with Crippen LogP contribution >= 0.6 is 7.60 Å². The van der Waals surface area contributed by atoms with Crippen LogP contribution in [0.15, 0.2) is 53.8 Å². The summed E-state index contributed by atoms with van der Waals surface area (Å²) < 4.78 is 23.9. The van der Waals surface area contributed by atoms with Crippen LogP contribution in [0.5, 0.6) is 0 Å². The minimum Gasteiger partial charge on any atom is -0.306 e. The highest BCUT2D eigenvalue weighted by Gasteiger charge is 2.31. The standard InChI is InChI=1S/C20H23O3P/c1-3-22-24(21,23-4-2)20-13-12-18-14-17(10-11-19(18)15-20)16-8-6-5-7-9-16/h5-11,14-15H,3-4,12-13H2,1-2H3. The van der Waals surface area contributed by atoms with Crippen molar-refractivity contribution in [2.24, 2.45) is 0 Å². The molecule has 0 radical (unpaired) electrons. The first-order chi connectivity index (χ1) is 11.7. The molecule has 0 amide bonds. The van der Waals surface area contributed by atoms with Crippen LogP contribution in [0.4, 0.5) is 0 Å². The van der Waals surface area contributed by atoms with Gasteiger partial charge in [0.2, 0.25) is 0 Å². The molecule has 24 heavy (non-hydrogen) atoms. The van der Waals surface area contributed by atoms with Crippen LogP contribution < -0.4 is 0 Å². The van der Waals surface area contributed by atoms with Crippen LogP contribution in [0.25, 0.3) is 17.2 Å². The first kappa shape index (κ1) is 17.2. The Morgan fingerprint density at radius 2 is 1.62 bits per heavy atom. The van der Waals surface area contributed by atoms with Crippen molar-refractivity contribution >= 4 is 13.7 Å². The van der Waals surface area contributed by atoms with E-state index in [4.69, 9.17) is 9.05 Å². The second-order valence-corrected chi connectivity index (χ2v) is 7.83. The molecular weight excluding hydrogens is 319 g/mol. The summed E-state index contributed by atoms with van der Waals surface area (Å²) in [6.07, 6.45) is 3.55. The van der Waals surface area contributed by atoms with E-state index in [9.17, 15) is 4.57 Å². The lowest BCUT2D eigenvalue weighted by Gasteiger charge is -2.24. The maximum Gasteiger partial charge on any atom is 0.357 e. The minimum absolute atomic E-state index is 0.383. The van der Waals surface area contributed by atoms with E-state index in [1.54, 1.807) is 0 Å². The molecule has 2 aromatic rings. The predicted molar refractivity (Wildman–Crippen MR) is 99.0 cm³/mol. The SMILES string of the molecule is CCOP(=O)(OCC)C1=Cc2ccc(-c3ccccc3)cc2CC1. The molecule has 0 heterocycles. The summed E-state index contributed by atoms with van der Waals surface area (Å²) in [4.78, 5) is 0. The molecule has 4 heteroatoms. The highest BCUT2D eigenvalue weighted by molar-refractivity contribution is 7.58. The van der Waals surface area contributed by atoms with Gasteiger partial charge in [0.25, 0.3) is 0 Å². The van der Waals surface area contributed by atoms with Gasteiger partial charge in [0.05, 0.1) is 13.2 Å². The van der Waals surface area contributed by atoms with E-state index in [1.165, 1.54) is 16.7 Å². The molecule has 0 atom stereocenters. The maximum absolute atomic E-state index is 13.0. The summed E-state index contributed by atoms with van der Waals surface area (Å²) in [6.45, 7) is 4.45. The van der Waals surface area contributed by atoms with Crippen molar-refractivity contribution < 1.29 is 13.6 Å². The molecule has 1 aliphatic carbocycles. The zero-order chi connectivity index (χ0) is 17.0. The van der Waals surface area contributed by atoms with E-state index in [-0.39, 0.29) is 0 Å². The number of hydrogen-bond acceptors (Lipinski definition) is 3. The molecule has 3 nitrogen and oxygen atoms in total. The number of rotatable bonds is 6. The molecule has 1 aliphatic rings. The Morgan fingerprint density at radius 1 is 0.917 bits per heavy atom. The van der Waals surface area contributed by atoms with Gasteiger partial charge in [-0.1, -0.05) is 48.5 Å². The fourth-order valence-electron chi connectivity index (χ4n) is 3.05. The fourth-order valence-corrected chi connectivity index (χ4v) is 4.82. The molecule has 0 aliphatic heterocycles. The summed E-state index contributed by atoms with van der Waals surface area (Å²) >= 11 is 0. The van der Waals surface area contributed by atoms with E-state index in [0.717, 1.165) is 17.3 Å². The van der Waals surface area contributed by atoms with Crippen LogP contribution in [0.3, 0.4) is 0 Å². The minimum atomic E-state index is -3.16. The van der Waals surface area contributed by atoms with Crippen molar-refractivity contribution in [3.05, 3.63) is 65.0 Å². The van der Waals surface area contributed by atoms with Gasteiger partial charge in [-0.2, -0.15) is 0 Å². The Balaban J connectivity index is 1.93. The lowest BCUT2D eigenvalue weighted by molar-refractivity contribution is 0.225. The van der Waals surface area contributed by atoms with E-state index < -0.39 is 7.60 Å². The topological polar surface area (TPSA) is 35.5 Å². The van der Waals surface area contributed by atoms with E-state index in [0.29, 0.717) is 19.6 Å². The van der Waals surface area contributed by atoms with Gasteiger partial charge in [-0.3, -0.25) is 4.57 Å². The van der Waals surface area contributed by atoms with Gasteiger partial charge in [-0.05, 0) is 55.0 Å². The molecule has 0 saturated heterocycles. The van der Waals surface area contributed by atoms with Crippen molar-refractivity contribution in [1.29, 1.82) is 0 Å². The quantitative estimate of drug-likeness (QED) is 0.613. The van der Waals surface area contributed by atoms with Crippen molar-refractivity contribution in [1.82, 2.24) is 0 Å². The summed E-state index contributed by atoms with van der Waals surface area (Å²) in [6, 6.07) is 16.8. The fraction of sp³-hybridized carbons (Fsp3) is 0.300. The zero-order valence-corrected chi connectivity index (χ0v) is 15.1. The van der Waals surface area contributed by atoms with Crippen LogP contribution in [0.2, 0.25) is 0 Å². The highest BCUT2D eigenvalue weighted by Crippen LogP contribution is 2.59. The molecule has 126 valence electrons. The summed E-state index contributed by atoms with van der Waals surface area (Å²) in [5.41, 5.74) is 4.81. The third-order valence-corrected chi connectivity index (χ3v) is 6.43. The van der Waals surface area contributed by atoms with Gasteiger partial charge in [-0.15, -0.1) is 0 Å². The van der Waals surface area contributed by atoms with Gasteiger partial charge in [0, 0.05) is 5.31 Å². The second kappa shape index (κ2) is 7.48. The Morgan fingerprint density at radius 3 is 2.29 bits per heavy atom. The predicted octanol–water partition coefficient (Wildman–Crippen LogP) is 5.91. The lowest BCUT2D eigenvalue weighted by atomic mass is 9.93. The molecule has 0 spiro atoms. The third-order valence-electron chi connectivity index (χ3n) is 4.17. The van der Waals surface area contributed by atoms with Crippen molar-refractivity contribution in [2.45, 2.75) is 26.7 Å². The van der Waals surface area contributed by atoms with Crippen molar-refractivity contribution in [2.75, 3.05) is 13.2 Å². The van der Waals surface area contributed by atoms with Gasteiger partial charge >= 0.3 is 7.60 Å². The first-order valence-corrected chi connectivity index (χ1v) is 9.99. The molecule has 0 aromatic heterocycles. The van der Waals surface area contributed by atoms with E-state index in [2.05, 4.69) is 30.3 Å². The molecule has 2 aromatic carbocycles. The Hall–Kier alpha value is -1.67. The molecule has 3 rings (SSSR count).